The van der Waals surface area contributed by atoms with Gasteiger partial charge in [-0.2, -0.15) is 0 Å². The Bertz CT molecular complexity index is 2980. The minimum absolute atomic E-state index is 0.0193. The Hall–Kier alpha value is -5.95. The lowest BCUT2D eigenvalue weighted by Crippen LogP contribution is -2.61. The van der Waals surface area contributed by atoms with E-state index in [1.165, 1.54) is 12.0 Å². The van der Waals surface area contributed by atoms with Crippen LogP contribution < -0.4 is 4.74 Å². The number of rotatable bonds is 15. The molecule has 5 aliphatic heterocycles. The number of methoxy groups -OCH3 is 4. The highest BCUT2D eigenvalue weighted by Crippen LogP contribution is 2.43. The lowest BCUT2D eigenvalue weighted by Gasteiger charge is -2.42. The van der Waals surface area contributed by atoms with Crippen LogP contribution in [0.4, 0.5) is 0 Å². The fraction of sp³-hybridized carbons (Fsp3) is 0.689. The van der Waals surface area contributed by atoms with Gasteiger partial charge in [-0.1, -0.05) is 82.7 Å². The minimum atomic E-state index is -2.43. The number of ether oxygens (including phenoxy) is 9. The van der Waals surface area contributed by atoms with Crippen LogP contribution in [-0.2, 0) is 79.7 Å². The van der Waals surface area contributed by atoms with E-state index in [9.17, 15) is 54.0 Å². The van der Waals surface area contributed by atoms with Gasteiger partial charge in [-0.3, -0.25) is 28.9 Å². The summed E-state index contributed by atoms with van der Waals surface area (Å²) in [7, 11) is 6.06. The molecule has 15 atom stereocenters. The molecule has 0 radical (unpaired) electrons. The number of hydrogen-bond acceptors (Lipinski definition) is 21. The number of amides is 1. The standard InChI is InChI=1S/C51H79NO13.C23H31NO7/c1-30-16-12-11-13-17-31(2)42(61-8)28-38-21-19-36(7)51(60,65-38)48(57)49(58)52-23-15-14-18-39(52)50(59)64-43(33(4)26-37-20-22-40(53)44(27-37)62-9)29-41(54)32(3)25-35(6)46(56)47(63-10)45(55)34(5)24-30;1-15(5-7-19(25)30-13-10-24-8-11-29-12-9-24)4-6-17-21(26)20-18(14-31-23(20)27)16(2)22(17)28-3/h11-13,16-17,25,30,32-34,36-40,42-44,46-47,53,56,60H,14-15,18-24,26-29H2,1-10H3;4,26H,5-14H2,1-3H3/b13-11?,16-12+,31-17?,35-25+;15-4+/t30-,32-,33-,34-,36-,37+,38+,39+,40-,42+,43+,44-,46-,47+,51-;/m1./s1. The Morgan fingerprint density at radius 1 is 0.844 bits per heavy atom. The molecule has 0 aromatic heterocycles. The number of piperidine rings is 1. The van der Waals surface area contributed by atoms with E-state index in [2.05, 4.69) is 4.90 Å². The topological polar surface area (TPSA) is 290 Å². The number of nitrogens with zero attached hydrogens (tertiary/aromatic N) is 2. The summed E-state index contributed by atoms with van der Waals surface area (Å²) >= 11 is 0. The van der Waals surface area contributed by atoms with Crippen LogP contribution in [0, 0.1) is 42.4 Å². The summed E-state index contributed by atoms with van der Waals surface area (Å²) in [6.45, 7) is 21.0. The van der Waals surface area contributed by atoms with Crippen LogP contribution in [0.5, 0.6) is 11.5 Å². The molecular weight excluding hydrogens is 1240 g/mol. The molecule has 0 spiro atoms. The predicted octanol–water partition coefficient (Wildman–Crippen LogP) is 8.70. The number of carbonyl (C=O) groups excluding carboxylic acids is 7. The molecule has 22 heteroatoms. The Balaban J connectivity index is 0.000000390. The van der Waals surface area contributed by atoms with Gasteiger partial charge in [-0.15, -0.1) is 0 Å². The first kappa shape index (κ1) is 79.0. The molecule has 96 heavy (non-hydrogen) atoms. The first-order valence-electron chi connectivity index (χ1n) is 34.5. The first-order chi connectivity index (χ1) is 45.7. The molecule has 536 valence electrons. The summed E-state index contributed by atoms with van der Waals surface area (Å²) in [6, 6.07) is -1.14. The first-order valence-corrected chi connectivity index (χ1v) is 34.5. The Morgan fingerprint density at radius 2 is 1.57 bits per heavy atom. The Morgan fingerprint density at radius 3 is 2.26 bits per heavy atom. The number of allylic oxidation sites excluding steroid dienone is 8. The number of aliphatic hydroxyl groups is 3. The van der Waals surface area contributed by atoms with Gasteiger partial charge in [0.05, 0.1) is 44.7 Å². The van der Waals surface area contributed by atoms with Crippen molar-refractivity contribution in [3.63, 3.8) is 0 Å². The van der Waals surface area contributed by atoms with Crippen LogP contribution in [0.1, 0.15) is 172 Å². The highest BCUT2D eigenvalue weighted by atomic mass is 16.6. The predicted molar refractivity (Wildman–Crippen MR) is 359 cm³/mol. The normalized spacial score (nSPS) is 31.9. The van der Waals surface area contributed by atoms with E-state index in [0.717, 1.165) is 56.0 Å². The summed E-state index contributed by atoms with van der Waals surface area (Å²) in [4.78, 5) is 98.0. The number of hydrogen-bond donors (Lipinski definition) is 4. The number of Topliss-reactive ketones (excluding diaryl/α,β-unsaturated/α-hetero) is 3. The molecule has 4 N–H and O–H groups in total. The zero-order valence-corrected chi connectivity index (χ0v) is 59.1. The molecule has 2 bridgehead atoms. The van der Waals surface area contributed by atoms with E-state index in [1.807, 2.05) is 78.0 Å². The van der Waals surface area contributed by atoms with Gasteiger partial charge in [0.1, 0.15) is 60.4 Å². The van der Waals surface area contributed by atoms with Gasteiger partial charge in [0.2, 0.25) is 5.79 Å². The summed E-state index contributed by atoms with van der Waals surface area (Å²) in [5.74, 6) is -8.23. The fourth-order valence-electron chi connectivity index (χ4n) is 14.0. The second kappa shape index (κ2) is 37.9. The van der Waals surface area contributed by atoms with Gasteiger partial charge in [0.25, 0.3) is 11.7 Å². The van der Waals surface area contributed by atoms with Crippen molar-refractivity contribution < 1.29 is 96.6 Å². The second-order valence-corrected chi connectivity index (χ2v) is 27.4. The Kier molecular flexibility index (Phi) is 31.2. The third-order valence-electron chi connectivity index (χ3n) is 20.3. The number of cyclic esters (lactones) is 2. The monoisotopic (exact) mass is 1350 g/mol. The van der Waals surface area contributed by atoms with Gasteiger partial charge >= 0.3 is 17.9 Å². The molecule has 7 rings (SSSR count). The van der Waals surface area contributed by atoms with Crippen LogP contribution in [0.2, 0.25) is 0 Å². The number of phenolic OH excluding ortho intramolecular Hbond substituents is 1. The van der Waals surface area contributed by atoms with Gasteiger partial charge in [0, 0.05) is 95.7 Å². The van der Waals surface area contributed by atoms with Crippen molar-refractivity contribution in [2.45, 2.75) is 220 Å². The van der Waals surface area contributed by atoms with E-state index < -0.39 is 89.8 Å². The molecule has 1 amide bonds. The van der Waals surface area contributed by atoms with Crippen molar-refractivity contribution in [2.24, 2.45) is 35.5 Å². The maximum absolute atomic E-state index is 14.4. The number of phenols is 1. The molecule has 3 saturated heterocycles. The van der Waals surface area contributed by atoms with Crippen molar-refractivity contribution in [1.82, 2.24) is 9.80 Å². The summed E-state index contributed by atoms with van der Waals surface area (Å²) in [5.41, 5.74) is 4.50. The van der Waals surface area contributed by atoms with Crippen molar-refractivity contribution in [2.75, 3.05) is 74.4 Å². The molecule has 0 unspecified atom stereocenters. The SMILES string of the molecule is CO[C@H]1C[C@@H]2CC[C@@H](C)[C@@](O)(O2)C(=O)C(=O)N2CCCC[C@H]2C(=O)O[C@H]([C@H](C)C[C@@H]2CC[C@@H](O)[C@H](OC)C2)CC(=O)[C@H](C)/C=C(\C)[C@@H](O)[C@@H](OC)C(=O)[C@H](C)C[C@H](C)/C=C/C=CC=C1C.COc1c(C)c2c(c(O)c1C/C=C(\C)CCC(=O)OCCN1CCOCC1)C(=O)OC2. The highest BCUT2D eigenvalue weighted by molar-refractivity contribution is 6.39. The zero-order valence-electron chi connectivity index (χ0n) is 59.1. The zero-order chi connectivity index (χ0) is 70.6. The van der Waals surface area contributed by atoms with Crippen LogP contribution in [0.25, 0.3) is 0 Å². The second-order valence-electron chi connectivity index (χ2n) is 27.4. The molecule has 6 aliphatic rings. The van der Waals surface area contributed by atoms with E-state index in [-0.39, 0.29) is 78.7 Å². The van der Waals surface area contributed by atoms with Crippen molar-refractivity contribution in [1.29, 1.82) is 0 Å². The largest absolute Gasteiger partial charge is 0.507 e. The van der Waals surface area contributed by atoms with E-state index in [1.54, 1.807) is 48.2 Å². The van der Waals surface area contributed by atoms with Gasteiger partial charge in [-0.25, -0.2) is 9.59 Å². The number of benzene rings is 1. The molecular formula is C74H110N2O20. The number of morpholine rings is 1. The van der Waals surface area contributed by atoms with Crippen molar-refractivity contribution >= 4 is 41.2 Å². The lowest BCUT2D eigenvalue weighted by molar-refractivity contribution is -0.265. The van der Waals surface area contributed by atoms with Crippen LogP contribution >= 0.6 is 0 Å². The number of fused-ring (bicyclic) bond motifs is 4. The quantitative estimate of drug-likeness (QED) is 0.0552. The average molecular weight is 1350 g/mol. The molecule has 22 nitrogen and oxygen atoms in total. The third-order valence-corrected chi connectivity index (χ3v) is 20.3. The van der Waals surface area contributed by atoms with E-state index in [4.69, 9.17) is 42.6 Å². The van der Waals surface area contributed by atoms with E-state index >= 15 is 0 Å². The van der Waals surface area contributed by atoms with Crippen LogP contribution in [-0.4, -0.2) is 200 Å². The van der Waals surface area contributed by atoms with Gasteiger partial charge < -0.3 is 68.0 Å². The third kappa shape index (κ3) is 21.3. The molecule has 1 aromatic rings. The summed E-state index contributed by atoms with van der Waals surface area (Å²) < 4.78 is 50.6. The number of esters is 3. The molecule has 4 fully saturated rings. The van der Waals surface area contributed by atoms with E-state index in [0.29, 0.717) is 106 Å². The van der Waals surface area contributed by atoms with Crippen LogP contribution in [0.15, 0.2) is 59.3 Å². The number of aromatic hydroxyl groups is 1. The maximum atomic E-state index is 14.4. The van der Waals surface area contributed by atoms with Crippen molar-refractivity contribution in [3.05, 3.63) is 81.5 Å². The minimum Gasteiger partial charge on any atom is -0.507 e. The molecule has 5 heterocycles. The van der Waals surface area contributed by atoms with Crippen molar-refractivity contribution in [3.8, 4) is 11.5 Å². The molecule has 1 saturated carbocycles. The van der Waals surface area contributed by atoms with Gasteiger partial charge in [-0.05, 0) is 139 Å². The number of carbonyl (C=O) groups is 7. The maximum Gasteiger partial charge on any atom is 0.342 e. The molecule has 1 aromatic carbocycles. The smallest absolute Gasteiger partial charge is 0.342 e. The lowest BCUT2D eigenvalue weighted by atomic mass is 9.78. The van der Waals surface area contributed by atoms with Crippen LogP contribution in [0.3, 0.4) is 0 Å². The Labute approximate surface area is 568 Å². The number of aliphatic hydroxyl groups excluding tert-OH is 2. The summed E-state index contributed by atoms with van der Waals surface area (Å²) in [6.07, 6.45) is 14.4. The van der Waals surface area contributed by atoms with Gasteiger partial charge in [0.15, 0.2) is 5.78 Å². The average Bonchev–Trinajstić information content (AvgIpc) is 1.43. The highest BCUT2D eigenvalue weighted by Gasteiger charge is 2.53. The number of ketones is 3. The fourth-order valence-corrected chi connectivity index (χ4v) is 14.0. The molecule has 1 aliphatic carbocycles. The summed E-state index contributed by atoms with van der Waals surface area (Å²) in [5, 5.41) is 44.5.